The second-order valence-corrected chi connectivity index (χ2v) is 4.92. The van der Waals surface area contributed by atoms with Gasteiger partial charge in [-0.05, 0) is 18.4 Å². The molecule has 1 aromatic carbocycles. The van der Waals surface area contributed by atoms with Crippen LogP contribution in [0, 0.1) is 0 Å². The van der Waals surface area contributed by atoms with E-state index in [4.69, 9.17) is 4.74 Å². The Kier molecular flexibility index (Phi) is 11.9. The molecule has 0 fully saturated rings. The second-order valence-electron chi connectivity index (χ2n) is 4.92. The maximum Gasteiger partial charge on any atom is 0.193 e. The molecule has 4 nitrogen and oxygen atoms in total. The first-order chi connectivity index (χ1) is 10.2. The Morgan fingerprint density at radius 2 is 2.09 bits per heavy atom. The van der Waals surface area contributed by atoms with Crippen molar-refractivity contribution in [2.45, 2.75) is 18.9 Å². The summed E-state index contributed by atoms with van der Waals surface area (Å²) in [6.45, 7) is 5.39. The molecule has 0 aliphatic heterocycles. The Balaban J connectivity index is 0.00000441. The molecule has 0 bridgehead atoms. The first-order valence-corrected chi connectivity index (χ1v) is 7.33. The Morgan fingerprint density at radius 3 is 2.64 bits per heavy atom. The number of guanidine groups is 1. The largest absolute Gasteiger partial charge is 0.375 e. The third kappa shape index (κ3) is 7.26. The molecule has 124 valence electrons. The summed E-state index contributed by atoms with van der Waals surface area (Å²) in [5, 5.41) is 3.37. The number of unbranched alkanes of at least 4 members (excludes halogenated alkanes) is 1. The molecule has 0 aliphatic rings. The molecule has 0 spiro atoms. The zero-order chi connectivity index (χ0) is 15.5. The van der Waals surface area contributed by atoms with Crippen molar-refractivity contribution < 1.29 is 4.74 Å². The number of nitrogens with zero attached hydrogens (tertiary/aromatic N) is 2. The Hall–Kier alpha value is -1.08. The number of methoxy groups -OCH3 is 1. The van der Waals surface area contributed by atoms with Crippen LogP contribution in [0.5, 0.6) is 0 Å². The van der Waals surface area contributed by atoms with Gasteiger partial charge in [0.05, 0.1) is 6.10 Å². The van der Waals surface area contributed by atoms with Crippen LogP contribution in [0.25, 0.3) is 0 Å². The summed E-state index contributed by atoms with van der Waals surface area (Å²) in [7, 11) is 5.58. The molecule has 0 aromatic heterocycles. The molecule has 1 N–H and O–H groups in total. The lowest BCUT2D eigenvalue weighted by atomic mass is 10.1. The standard InChI is InChI=1S/C17H27N3O.HI/c1-5-6-10-13-20(3)17(18-2)19-14-16(21-4)15-11-8-7-9-12-15;/h5,7-9,11-12,16H,1,6,10,13-14H2,2-4H3,(H,18,19);1H. The third-order valence-electron chi connectivity index (χ3n) is 3.38. The summed E-state index contributed by atoms with van der Waals surface area (Å²) in [4.78, 5) is 6.44. The number of benzene rings is 1. The van der Waals surface area contributed by atoms with Gasteiger partial charge in [-0.25, -0.2) is 0 Å². The van der Waals surface area contributed by atoms with Gasteiger partial charge in [0.2, 0.25) is 0 Å². The number of aliphatic imine (C=N–C) groups is 1. The highest BCUT2D eigenvalue weighted by molar-refractivity contribution is 14.0. The highest BCUT2D eigenvalue weighted by Crippen LogP contribution is 2.14. The summed E-state index contributed by atoms with van der Waals surface area (Å²) in [6.07, 6.45) is 4.06. The van der Waals surface area contributed by atoms with Crippen molar-refractivity contribution in [2.24, 2.45) is 4.99 Å². The number of hydrogen-bond donors (Lipinski definition) is 1. The number of rotatable bonds is 8. The lowest BCUT2D eigenvalue weighted by Crippen LogP contribution is -2.41. The van der Waals surface area contributed by atoms with Gasteiger partial charge in [0, 0.05) is 34.3 Å². The van der Waals surface area contributed by atoms with Gasteiger partial charge in [-0.15, -0.1) is 30.6 Å². The molecule has 1 atom stereocenters. The maximum absolute atomic E-state index is 5.56. The van der Waals surface area contributed by atoms with Gasteiger partial charge < -0.3 is 15.0 Å². The summed E-state index contributed by atoms with van der Waals surface area (Å²) >= 11 is 0. The van der Waals surface area contributed by atoms with Crippen LogP contribution in [-0.4, -0.2) is 45.2 Å². The van der Waals surface area contributed by atoms with E-state index in [2.05, 4.69) is 33.9 Å². The van der Waals surface area contributed by atoms with Gasteiger partial charge >= 0.3 is 0 Å². The summed E-state index contributed by atoms with van der Waals surface area (Å²) in [5.41, 5.74) is 1.16. The molecule has 0 heterocycles. The molecule has 5 heteroatoms. The first kappa shape index (κ1) is 20.9. The van der Waals surface area contributed by atoms with Gasteiger partial charge in [0.15, 0.2) is 5.96 Å². The predicted octanol–water partition coefficient (Wildman–Crippen LogP) is 3.47. The quantitative estimate of drug-likeness (QED) is 0.231. The zero-order valence-corrected chi connectivity index (χ0v) is 16.1. The van der Waals surface area contributed by atoms with E-state index in [9.17, 15) is 0 Å². The maximum atomic E-state index is 5.56. The van der Waals surface area contributed by atoms with Gasteiger partial charge in [-0.3, -0.25) is 4.99 Å². The van der Waals surface area contributed by atoms with Crippen LogP contribution < -0.4 is 5.32 Å². The van der Waals surface area contributed by atoms with Crippen molar-refractivity contribution in [3.8, 4) is 0 Å². The summed E-state index contributed by atoms with van der Waals surface area (Å²) in [5.74, 6) is 0.886. The van der Waals surface area contributed by atoms with E-state index < -0.39 is 0 Å². The topological polar surface area (TPSA) is 36.9 Å². The van der Waals surface area contributed by atoms with Crippen molar-refractivity contribution >= 4 is 29.9 Å². The van der Waals surface area contributed by atoms with Crippen LogP contribution >= 0.6 is 24.0 Å². The van der Waals surface area contributed by atoms with E-state index >= 15 is 0 Å². The van der Waals surface area contributed by atoms with Gasteiger partial charge in [0.25, 0.3) is 0 Å². The fraction of sp³-hybridized carbons (Fsp3) is 0.471. The van der Waals surface area contributed by atoms with Crippen LogP contribution in [-0.2, 0) is 4.74 Å². The molecule has 1 aromatic rings. The van der Waals surface area contributed by atoms with Crippen LogP contribution in [0.2, 0.25) is 0 Å². The summed E-state index contributed by atoms with van der Waals surface area (Å²) < 4.78 is 5.56. The minimum absolute atomic E-state index is 0. The van der Waals surface area contributed by atoms with E-state index in [-0.39, 0.29) is 30.1 Å². The van der Waals surface area contributed by atoms with Crippen LogP contribution in [0.15, 0.2) is 48.0 Å². The minimum Gasteiger partial charge on any atom is -0.375 e. The molecular formula is C17H28IN3O. The van der Waals surface area contributed by atoms with Crippen LogP contribution in [0.4, 0.5) is 0 Å². The SMILES string of the molecule is C=CCCCN(C)C(=NC)NCC(OC)c1ccccc1.I. The fourth-order valence-corrected chi connectivity index (χ4v) is 2.15. The number of nitrogens with one attached hydrogen (secondary N) is 1. The zero-order valence-electron chi connectivity index (χ0n) is 13.8. The predicted molar refractivity (Wildman–Crippen MR) is 105 cm³/mol. The first-order valence-electron chi connectivity index (χ1n) is 7.33. The highest BCUT2D eigenvalue weighted by atomic mass is 127. The molecule has 0 saturated carbocycles. The number of allylic oxidation sites excluding steroid dienone is 1. The van der Waals surface area contributed by atoms with Crippen molar-refractivity contribution in [3.05, 3.63) is 48.6 Å². The van der Waals surface area contributed by atoms with Gasteiger partial charge in [-0.2, -0.15) is 0 Å². The molecule has 1 unspecified atom stereocenters. The van der Waals surface area contributed by atoms with Gasteiger partial charge in [0.1, 0.15) is 0 Å². The highest BCUT2D eigenvalue weighted by Gasteiger charge is 2.12. The van der Waals surface area contributed by atoms with E-state index in [0.29, 0.717) is 6.54 Å². The molecule has 0 amide bonds. The number of ether oxygens (including phenoxy) is 1. The monoisotopic (exact) mass is 417 g/mol. The number of halogens is 1. The van der Waals surface area contributed by atoms with Crippen molar-refractivity contribution in [1.29, 1.82) is 0 Å². The molecular weight excluding hydrogens is 389 g/mol. The molecule has 0 saturated heterocycles. The molecule has 0 radical (unpaired) electrons. The average molecular weight is 417 g/mol. The second kappa shape index (κ2) is 12.5. The van der Waals surface area contributed by atoms with E-state index in [1.54, 1.807) is 14.2 Å². The van der Waals surface area contributed by atoms with Crippen LogP contribution in [0.1, 0.15) is 24.5 Å². The lowest BCUT2D eigenvalue weighted by Gasteiger charge is -2.24. The van der Waals surface area contributed by atoms with Crippen LogP contribution in [0.3, 0.4) is 0 Å². The van der Waals surface area contributed by atoms with E-state index in [0.717, 1.165) is 30.9 Å². The van der Waals surface area contributed by atoms with E-state index in [1.807, 2.05) is 31.3 Å². The van der Waals surface area contributed by atoms with Crippen molar-refractivity contribution in [2.75, 3.05) is 34.3 Å². The molecule has 1 rings (SSSR count). The fourth-order valence-electron chi connectivity index (χ4n) is 2.15. The number of hydrogen-bond acceptors (Lipinski definition) is 2. The molecule has 0 aliphatic carbocycles. The van der Waals surface area contributed by atoms with E-state index in [1.165, 1.54) is 0 Å². The minimum atomic E-state index is 0. The normalized spacial score (nSPS) is 12.2. The lowest BCUT2D eigenvalue weighted by molar-refractivity contribution is 0.106. The van der Waals surface area contributed by atoms with Gasteiger partial charge in [-0.1, -0.05) is 36.4 Å². The van der Waals surface area contributed by atoms with Crippen molar-refractivity contribution in [1.82, 2.24) is 10.2 Å². The average Bonchev–Trinajstić information content (AvgIpc) is 2.52. The van der Waals surface area contributed by atoms with Crippen molar-refractivity contribution in [3.63, 3.8) is 0 Å². The molecule has 22 heavy (non-hydrogen) atoms. The Bertz CT molecular complexity index is 437. The Morgan fingerprint density at radius 1 is 1.41 bits per heavy atom. The summed E-state index contributed by atoms with van der Waals surface area (Å²) in [6, 6.07) is 10.2. The smallest absolute Gasteiger partial charge is 0.193 e. The third-order valence-corrected chi connectivity index (χ3v) is 3.38. The Labute approximate surface area is 151 Å².